The van der Waals surface area contributed by atoms with Crippen molar-refractivity contribution in [3.8, 4) is 0 Å². The molecule has 2 aliphatic heterocycles. The molecule has 0 amide bonds. The first-order valence-corrected chi connectivity index (χ1v) is 12.1. The van der Waals surface area contributed by atoms with Crippen LogP contribution < -0.4 is 16.0 Å². The van der Waals surface area contributed by atoms with Gasteiger partial charge in [0.05, 0.1) is 29.4 Å². The van der Waals surface area contributed by atoms with Crippen LogP contribution in [0.1, 0.15) is 49.6 Å². The fourth-order valence-corrected chi connectivity index (χ4v) is 5.07. The molecule has 176 valence electrons. The molecule has 0 radical (unpaired) electrons. The Balaban J connectivity index is 1.27. The Kier molecular flexibility index (Phi) is 5.41. The van der Waals surface area contributed by atoms with E-state index in [2.05, 4.69) is 38.0 Å². The molecule has 3 aliphatic rings. The van der Waals surface area contributed by atoms with Crippen molar-refractivity contribution < 1.29 is 4.39 Å². The third-order valence-corrected chi connectivity index (χ3v) is 7.22. The third-order valence-electron chi connectivity index (χ3n) is 7.22. The smallest absolute Gasteiger partial charge is 0.231 e. The molecule has 10 heteroatoms. The van der Waals surface area contributed by atoms with Gasteiger partial charge in [0.15, 0.2) is 0 Å². The number of rotatable bonds is 6. The van der Waals surface area contributed by atoms with Gasteiger partial charge in [0.1, 0.15) is 17.6 Å². The molecule has 1 saturated carbocycles. The van der Waals surface area contributed by atoms with Crippen molar-refractivity contribution in [2.75, 3.05) is 43.9 Å². The van der Waals surface area contributed by atoms with E-state index < -0.39 is 6.17 Å². The number of aromatic nitrogens is 5. The lowest BCUT2D eigenvalue weighted by molar-refractivity contribution is 0.212. The molecule has 33 heavy (non-hydrogen) atoms. The van der Waals surface area contributed by atoms with Crippen LogP contribution in [0.25, 0.3) is 11.0 Å². The van der Waals surface area contributed by atoms with E-state index in [0.29, 0.717) is 43.2 Å². The summed E-state index contributed by atoms with van der Waals surface area (Å²) in [4.78, 5) is 15.2. The van der Waals surface area contributed by atoms with Crippen LogP contribution in [0.3, 0.4) is 0 Å². The van der Waals surface area contributed by atoms with E-state index in [-0.39, 0.29) is 6.04 Å². The van der Waals surface area contributed by atoms with Gasteiger partial charge in [-0.25, -0.2) is 4.39 Å². The molecule has 2 saturated heterocycles. The lowest BCUT2D eigenvalue weighted by Gasteiger charge is -2.28. The predicted molar refractivity (Wildman–Crippen MR) is 127 cm³/mol. The van der Waals surface area contributed by atoms with Crippen LogP contribution in [-0.4, -0.2) is 75.1 Å². The van der Waals surface area contributed by atoms with Crippen LogP contribution in [-0.2, 0) is 0 Å². The van der Waals surface area contributed by atoms with Crippen molar-refractivity contribution in [3.05, 3.63) is 24.2 Å². The Morgan fingerprint density at radius 1 is 1.12 bits per heavy atom. The zero-order valence-electron chi connectivity index (χ0n) is 19.0. The first kappa shape index (κ1) is 20.9. The highest BCUT2D eigenvalue weighted by molar-refractivity contribution is 5.92. The van der Waals surface area contributed by atoms with Gasteiger partial charge >= 0.3 is 0 Å². The van der Waals surface area contributed by atoms with Gasteiger partial charge < -0.3 is 25.8 Å². The molecule has 0 bridgehead atoms. The Morgan fingerprint density at radius 2 is 1.97 bits per heavy atom. The summed E-state index contributed by atoms with van der Waals surface area (Å²) in [5, 5.41) is 15.6. The Bertz CT molecular complexity index is 1110. The molecule has 0 spiro atoms. The normalized spacial score (nSPS) is 24.9. The van der Waals surface area contributed by atoms with E-state index in [1.54, 1.807) is 0 Å². The molecule has 3 aromatic rings. The molecule has 0 unspecified atom stereocenters. The van der Waals surface area contributed by atoms with Crippen LogP contribution in [0.5, 0.6) is 0 Å². The molecular formula is C23H32FN9. The topological polar surface area (TPSA) is 98.7 Å². The van der Waals surface area contributed by atoms with Crippen LogP contribution in [0.15, 0.2) is 18.6 Å². The zero-order valence-corrected chi connectivity index (χ0v) is 19.0. The number of piperidine rings is 2. The fourth-order valence-electron chi connectivity index (χ4n) is 5.07. The summed E-state index contributed by atoms with van der Waals surface area (Å²) >= 11 is 0. The number of nitrogens with one attached hydrogen (secondary N) is 4. The van der Waals surface area contributed by atoms with Crippen molar-refractivity contribution in [1.29, 1.82) is 0 Å². The van der Waals surface area contributed by atoms with Gasteiger partial charge in [0.2, 0.25) is 5.95 Å². The highest BCUT2D eigenvalue weighted by Crippen LogP contribution is 2.44. The molecular weight excluding hydrogens is 421 g/mol. The maximum Gasteiger partial charge on any atom is 0.231 e. The summed E-state index contributed by atoms with van der Waals surface area (Å²) in [6, 6.07) is 0.112. The van der Waals surface area contributed by atoms with Crippen LogP contribution in [0.2, 0.25) is 0 Å². The largest absolute Gasteiger partial charge is 0.362 e. The number of hydrogen-bond acceptors (Lipinski definition) is 7. The number of halogens is 1. The van der Waals surface area contributed by atoms with Gasteiger partial charge in [-0.3, -0.25) is 4.68 Å². The van der Waals surface area contributed by atoms with E-state index in [1.807, 2.05) is 23.3 Å². The Labute approximate surface area is 192 Å². The summed E-state index contributed by atoms with van der Waals surface area (Å²) in [5.74, 6) is 1.72. The number of hydrogen-bond donors (Lipinski definition) is 4. The maximum atomic E-state index is 14.6. The van der Waals surface area contributed by atoms with E-state index in [0.717, 1.165) is 42.7 Å². The molecule has 6 rings (SSSR count). The summed E-state index contributed by atoms with van der Waals surface area (Å²) in [6.45, 7) is 3.47. The second kappa shape index (κ2) is 8.57. The van der Waals surface area contributed by atoms with Gasteiger partial charge in [0, 0.05) is 18.9 Å². The van der Waals surface area contributed by atoms with Crippen molar-refractivity contribution in [1.82, 2.24) is 34.9 Å². The molecule has 3 fully saturated rings. The quantitative estimate of drug-likeness (QED) is 0.455. The van der Waals surface area contributed by atoms with Gasteiger partial charge in [-0.1, -0.05) is 0 Å². The van der Waals surface area contributed by atoms with Crippen LogP contribution in [0.4, 0.5) is 21.8 Å². The van der Waals surface area contributed by atoms with Crippen molar-refractivity contribution in [2.24, 2.45) is 0 Å². The number of nitrogens with zero attached hydrogens (tertiary/aromatic N) is 5. The molecule has 9 nitrogen and oxygen atoms in total. The van der Waals surface area contributed by atoms with Crippen molar-refractivity contribution in [2.45, 2.75) is 56.3 Å². The average molecular weight is 454 g/mol. The Hall–Kier alpha value is -2.72. The first-order valence-electron chi connectivity index (χ1n) is 12.1. The van der Waals surface area contributed by atoms with E-state index >= 15 is 0 Å². The number of fused-ring (bicyclic) bond motifs is 1. The first-order chi connectivity index (χ1) is 16.1. The summed E-state index contributed by atoms with van der Waals surface area (Å²) in [7, 11) is 2.16. The second-order valence-corrected chi connectivity index (χ2v) is 9.77. The minimum Gasteiger partial charge on any atom is -0.362 e. The highest BCUT2D eigenvalue weighted by atomic mass is 19.1. The number of likely N-dealkylation sites (tertiary alicyclic amines) is 1. The monoisotopic (exact) mass is 453 g/mol. The lowest BCUT2D eigenvalue weighted by Crippen LogP contribution is -2.46. The van der Waals surface area contributed by atoms with Gasteiger partial charge in [0.25, 0.3) is 0 Å². The number of anilines is 3. The lowest BCUT2D eigenvalue weighted by atomic mass is 10.0. The molecule has 4 N–H and O–H groups in total. The Morgan fingerprint density at radius 3 is 2.76 bits per heavy atom. The maximum absolute atomic E-state index is 14.6. The molecule has 1 aliphatic carbocycles. The van der Waals surface area contributed by atoms with Gasteiger partial charge in [-0.2, -0.15) is 15.1 Å². The van der Waals surface area contributed by atoms with E-state index in [1.165, 1.54) is 18.4 Å². The number of aromatic amines is 1. The van der Waals surface area contributed by atoms with Crippen LogP contribution in [0, 0.1) is 0 Å². The standard InChI is InChI=1S/C23H32FN9/c1-32-8-5-16(6-9-32)33-13-15(10-27-33)28-23-30-21-20(17(11-26-21)14-2-3-14)22(31-23)29-19-12-25-7-4-18(19)24/h10-11,13-14,16,18-19,25H,2-9,12H2,1H3,(H3,26,28,29,30,31)/t18-,19+/m1/s1. The molecule has 0 aromatic carbocycles. The SMILES string of the molecule is CN1CCC(n2cc(Nc3nc(N[C@H]4CNCC[C@H]4F)c4c(C5CC5)c[nH]c4n3)cn2)CC1. The van der Waals surface area contributed by atoms with Crippen molar-refractivity contribution in [3.63, 3.8) is 0 Å². The average Bonchev–Trinajstić information content (AvgIpc) is 3.40. The number of alkyl halides is 1. The zero-order chi connectivity index (χ0) is 22.4. The second-order valence-electron chi connectivity index (χ2n) is 9.77. The molecule has 5 heterocycles. The molecule has 2 atom stereocenters. The minimum atomic E-state index is -0.899. The summed E-state index contributed by atoms with van der Waals surface area (Å²) in [5.41, 5.74) is 2.86. The highest BCUT2D eigenvalue weighted by Gasteiger charge is 2.31. The fraction of sp³-hybridized carbons (Fsp3) is 0.609. The summed E-state index contributed by atoms with van der Waals surface area (Å²) < 4.78 is 16.6. The van der Waals surface area contributed by atoms with E-state index in [4.69, 9.17) is 9.97 Å². The number of H-pyrrole nitrogens is 1. The van der Waals surface area contributed by atoms with Gasteiger partial charge in [-0.05, 0) is 70.3 Å². The van der Waals surface area contributed by atoms with Gasteiger partial charge in [-0.15, -0.1) is 0 Å². The third kappa shape index (κ3) is 4.29. The van der Waals surface area contributed by atoms with Crippen LogP contribution >= 0.6 is 0 Å². The predicted octanol–water partition coefficient (Wildman–Crippen LogP) is 3.15. The van der Waals surface area contributed by atoms with E-state index in [9.17, 15) is 4.39 Å². The minimum absolute atomic E-state index is 0.307. The van der Waals surface area contributed by atoms with Crippen molar-refractivity contribution >= 4 is 28.5 Å². The molecule has 3 aromatic heterocycles. The summed E-state index contributed by atoms with van der Waals surface area (Å²) in [6.07, 6.45) is 10.1.